The lowest BCUT2D eigenvalue weighted by Crippen LogP contribution is -2.31. The first-order valence-corrected chi connectivity index (χ1v) is 11.0. The molecule has 1 atom stereocenters. The van der Waals surface area contributed by atoms with E-state index in [0.717, 1.165) is 13.0 Å². The summed E-state index contributed by atoms with van der Waals surface area (Å²) in [6.07, 6.45) is 3.58. The van der Waals surface area contributed by atoms with Gasteiger partial charge in [0.1, 0.15) is 0 Å². The van der Waals surface area contributed by atoms with Crippen molar-refractivity contribution in [3.05, 3.63) is 108 Å². The molecule has 3 aromatic carbocycles. The molecule has 158 valence electrons. The van der Waals surface area contributed by atoms with Crippen molar-refractivity contribution in [3.63, 3.8) is 0 Å². The molecule has 0 aliphatic rings. The molecule has 31 heavy (non-hydrogen) atoms. The normalized spacial score (nSPS) is 12.2. The van der Waals surface area contributed by atoms with Crippen LogP contribution in [0.15, 0.2) is 91.1 Å². The second kappa shape index (κ2) is 9.65. The van der Waals surface area contributed by atoms with Crippen LogP contribution in [0.3, 0.4) is 0 Å². The van der Waals surface area contributed by atoms with Crippen LogP contribution in [0.2, 0.25) is 0 Å². The Kier molecular flexibility index (Phi) is 6.51. The Morgan fingerprint density at radius 3 is 2.13 bits per heavy atom. The van der Waals surface area contributed by atoms with Crippen molar-refractivity contribution >= 4 is 16.8 Å². The zero-order valence-corrected chi connectivity index (χ0v) is 18.3. The first-order chi connectivity index (χ1) is 15.1. The van der Waals surface area contributed by atoms with Gasteiger partial charge in [-0.25, -0.2) is 0 Å². The molecular weight excluding hydrogens is 380 g/mol. The van der Waals surface area contributed by atoms with Crippen LogP contribution in [-0.4, -0.2) is 16.5 Å². The van der Waals surface area contributed by atoms with Crippen molar-refractivity contribution in [3.8, 4) is 0 Å². The molecule has 0 fully saturated rings. The van der Waals surface area contributed by atoms with Crippen LogP contribution in [-0.2, 0) is 17.8 Å². The van der Waals surface area contributed by atoms with E-state index >= 15 is 0 Å². The van der Waals surface area contributed by atoms with Crippen LogP contribution in [0, 0.1) is 0 Å². The molecule has 0 radical (unpaired) electrons. The first-order valence-electron chi connectivity index (χ1n) is 11.0. The average Bonchev–Trinajstić information content (AvgIpc) is 3.13. The van der Waals surface area contributed by atoms with Crippen LogP contribution >= 0.6 is 0 Å². The summed E-state index contributed by atoms with van der Waals surface area (Å²) in [5, 5.41) is 4.31. The Morgan fingerprint density at radius 1 is 0.839 bits per heavy atom. The fourth-order valence-electron chi connectivity index (χ4n) is 4.31. The van der Waals surface area contributed by atoms with E-state index < -0.39 is 0 Å². The maximum atomic E-state index is 12.7. The number of amides is 1. The highest BCUT2D eigenvalue weighted by molar-refractivity contribution is 5.86. The smallest absolute Gasteiger partial charge is 0.220 e. The van der Waals surface area contributed by atoms with E-state index in [9.17, 15) is 4.79 Å². The van der Waals surface area contributed by atoms with Gasteiger partial charge in [-0.2, -0.15) is 0 Å². The molecule has 4 aromatic rings. The number of benzene rings is 3. The summed E-state index contributed by atoms with van der Waals surface area (Å²) >= 11 is 0. The molecule has 0 aliphatic carbocycles. The van der Waals surface area contributed by atoms with E-state index in [1.54, 1.807) is 0 Å². The minimum Gasteiger partial charge on any atom is -0.354 e. The molecule has 0 bridgehead atoms. The van der Waals surface area contributed by atoms with E-state index in [4.69, 9.17) is 0 Å². The number of nitrogens with one attached hydrogen (secondary N) is 1. The Labute approximate surface area is 184 Å². The molecule has 0 saturated carbocycles. The highest BCUT2D eigenvalue weighted by Gasteiger charge is 2.22. The minimum atomic E-state index is 0.107. The molecule has 3 nitrogen and oxygen atoms in total. The van der Waals surface area contributed by atoms with Crippen molar-refractivity contribution < 1.29 is 4.79 Å². The van der Waals surface area contributed by atoms with Gasteiger partial charge in [0.05, 0.1) is 0 Å². The molecule has 0 saturated heterocycles. The van der Waals surface area contributed by atoms with Crippen molar-refractivity contribution in [2.45, 2.75) is 45.2 Å². The second-order valence-corrected chi connectivity index (χ2v) is 8.53. The number of nitrogens with zero attached hydrogens (tertiary/aromatic N) is 1. The zero-order valence-electron chi connectivity index (χ0n) is 18.3. The summed E-state index contributed by atoms with van der Waals surface area (Å²) < 4.78 is 2.32. The summed E-state index contributed by atoms with van der Waals surface area (Å²) in [5.74, 6) is 0.221. The van der Waals surface area contributed by atoms with Crippen LogP contribution < -0.4 is 5.32 Å². The van der Waals surface area contributed by atoms with Gasteiger partial charge in [0.15, 0.2) is 0 Å². The molecule has 1 aromatic heterocycles. The number of fused-ring (bicyclic) bond motifs is 1. The lowest BCUT2D eigenvalue weighted by atomic mass is 9.88. The number of aromatic nitrogens is 1. The monoisotopic (exact) mass is 410 g/mol. The van der Waals surface area contributed by atoms with Gasteiger partial charge in [-0.3, -0.25) is 4.79 Å². The van der Waals surface area contributed by atoms with E-state index in [-0.39, 0.29) is 17.9 Å². The van der Waals surface area contributed by atoms with Crippen LogP contribution in [0.4, 0.5) is 0 Å². The molecule has 0 aliphatic heterocycles. The maximum absolute atomic E-state index is 12.7. The Bertz CT molecular complexity index is 1130. The van der Waals surface area contributed by atoms with Gasteiger partial charge in [0.2, 0.25) is 5.91 Å². The quantitative estimate of drug-likeness (QED) is 0.384. The number of para-hydroxylation sites is 1. The third kappa shape index (κ3) is 5.24. The Morgan fingerprint density at radius 2 is 1.45 bits per heavy atom. The van der Waals surface area contributed by atoms with Crippen molar-refractivity contribution in [2.75, 3.05) is 0 Å². The van der Waals surface area contributed by atoms with E-state index in [1.165, 1.54) is 27.6 Å². The van der Waals surface area contributed by atoms with Gasteiger partial charge in [-0.1, -0.05) is 78.9 Å². The van der Waals surface area contributed by atoms with Gasteiger partial charge in [0, 0.05) is 36.1 Å². The summed E-state index contributed by atoms with van der Waals surface area (Å²) in [4.78, 5) is 12.7. The molecule has 4 rings (SSSR count). The van der Waals surface area contributed by atoms with E-state index in [2.05, 4.69) is 88.9 Å². The number of rotatable bonds is 8. The van der Waals surface area contributed by atoms with Crippen molar-refractivity contribution in [1.29, 1.82) is 0 Å². The largest absolute Gasteiger partial charge is 0.354 e. The molecular formula is C28H30N2O. The first kappa shape index (κ1) is 20.9. The fraction of sp³-hybridized carbons (Fsp3) is 0.250. The highest BCUT2D eigenvalue weighted by Crippen LogP contribution is 2.33. The number of carbonyl (C=O) groups excluding carboxylic acids is 1. The second-order valence-electron chi connectivity index (χ2n) is 8.53. The Hall–Kier alpha value is -3.33. The summed E-state index contributed by atoms with van der Waals surface area (Å²) in [6.45, 7) is 4.84. The number of hydrogen-bond donors (Lipinski definition) is 1. The van der Waals surface area contributed by atoms with E-state index in [1.807, 2.05) is 26.0 Å². The van der Waals surface area contributed by atoms with Gasteiger partial charge >= 0.3 is 0 Å². The minimum absolute atomic E-state index is 0.107. The standard InChI is InChI=1S/C28H30N2O/c1-21(2)29-28(31)18-24(17-22-11-5-3-6-12-22)26-20-30(19-23-13-7-4-8-14-23)27-16-10-9-15-25(26)27/h3-16,20-21,24H,17-19H2,1-2H3,(H,29,31). The van der Waals surface area contributed by atoms with Gasteiger partial charge in [0.25, 0.3) is 0 Å². The number of hydrogen-bond acceptors (Lipinski definition) is 1. The Balaban J connectivity index is 1.72. The number of carbonyl (C=O) groups is 1. The third-order valence-corrected chi connectivity index (χ3v) is 5.66. The fourth-order valence-corrected chi connectivity index (χ4v) is 4.31. The maximum Gasteiger partial charge on any atom is 0.220 e. The van der Waals surface area contributed by atoms with E-state index in [0.29, 0.717) is 6.42 Å². The lowest BCUT2D eigenvalue weighted by molar-refractivity contribution is -0.121. The average molecular weight is 411 g/mol. The third-order valence-electron chi connectivity index (χ3n) is 5.66. The highest BCUT2D eigenvalue weighted by atomic mass is 16.1. The SMILES string of the molecule is CC(C)NC(=O)CC(Cc1ccccc1)c1cn(Cc2ccccc2)c2ccccc12. The molecule has 1 heterocycles. The topological polar surface area (TPSA) is 34.0 Å². The molecule has 1 unspecified atom stereocenters. The van der Waals surface area contributed by atoms with Crippen molar-refractivity contribution in [2.24, 2.45) is 0 Å². The van der Waals surface area contributed by atoms with Crippen LogP contribution in [0.1, 0.15) is 42.9 Å². The molecule has 3 heteroatoms. The predicted molar refractivity (Wildman–Crippen MR) is 128 cm³/mol. The van der Waals surface area contributed by atoms with Crippen LogP contribution in [0.25, 0.3) is 10.9 Å². The van der Waals surface area contributed by atoms with Gasteiger partial charge < -0.3 is 9.88 Å². The van der Waals surface area contributed by atoms with Crippen LogP contribution in [0.5, 0.6) is 0 Å². The van der Waals surface area contributed by atoms with Gasteiger partial charge in [-0.05, 0) is 48.9 Å². The van der Waals surface area contributed by atoms with Crippen molar-refractivity contribution in [1.82, 2.24) is 9.88 Å². The summed E-state index contributed by atoms with van der Waals surface area (Å²) in [6, 6.07) is 29.7. The molecule has 1 N–H and O–H groups in total. The molecule has 1 amide bonds. The summed E-state index contributed by atoms with van der Waals surface area (Å²) in [7, 11) is 0. The van der Waals surface area contributed by atoms with Gasteiger partial charge in [-0.15, -0.1) is 0 Å². The predicted octanol–water partition coefficient (Wildman–Crippen LogP) is 5.93. The molecule has 0 spiro atoms. The lowest BCUT2D eigenvalue weighted by Gasteiger charge is -2.18. The summed E-state index contributed by atoms with van der Waals surface area (Å²) in [5.41, 5.74) is 4.98. The zero-order chi connectivity index (χ0) is 21.6.